The van der Waals surface area contributed by atoms with Crippen LogP contribution in [0.5, 0.6) is 23.0 Å². The number of hydrogen-bond acceptors (Lipinski definition) is 7. The Hall–Kier alpha value is -3.81. The molecule has 1 aliphatic rings. The number of phenolic OH excluding ortho intramolecular Hbond substituents is 2. The van der Waals surface area contributed by atoms with Crippen molar-refractivity contribution in [1.29, 1.82) is 0 Å². The molecule has 4 bridgehead atoms. The van der Waals surface area contributed by atoms with Gasteiger partial charge in [0.1, 0.15) is 0 Å². The molecule has 36 heavy (non-hydrogen) atoms. The van der Waals surface area contributed by atoms with Crippen molar-refractivity contribution >= 4 is 29.8 Å². The second-order valence-corrected chi connectivity index (χ2v) is 7.67. The number of aliphatic imine (C=N–C) groups is 2. The summed E-state index contributed by atoms with van der Waals surface area (Å²) < 4.78 is 11.5. The van der Waals surface area contributed by atoms with E-state index in [0.717, 1.165) is 26.2 Å². The summed E-state index contributed by atoms with van der Waals surface area (Å²) in [6.45, 7) is 2.07. The van der Waals surface area contributed by atoms with Crippen molar-refractivity contribution in [3.8, 4) is 23.0 Å². The number of carboxylic acid groups (broad SMARTS) is 1. The third-order valence-corrected chi connectivity index (χ3v) is 4.93. The number of aromatic hydroxyl groups is 2. The maximum Gasteiger partial charge on any atom is 2.00 e. The van der Waals surface area contributed by atoms with Crippen LogP contribution in [0.4, 0.5) is 11.4 Å². The molecule has 0 unspecified atom stereocenters. The van der Waals surface area contributed by atoms with Gasteiger partial charge in [-0.05, 0) is 55.7 Å². The van der Waals surface area contributed by atoms with Gasteiger partial charge in [0.2, 0.25) is 0 Å². The van der Waals surface area contributed by atoms with E-state index in [2.05, 4.69) is 9.98 Å². The SMILES string of the molecule is CC(=O)O.Oc1c2cccc1OCCCCCOc1cccc(c1O)C=Nc1ccccc1N=C2.[Mn+2]. The third kappa shape index (κ3) is 8.44. The first-order chi connectivity index (χ1) is 17.0. The fraction of sp³-hybridized carbons (Fsp3) is 0.222. The zero-order valence-electron chi connectivity index (χ0n) is 19.8. The maximum absolute atomic E-state index is 10.5. The minimum Gasteiger partial charge on any atom is -0.504 e. The number of para-hydroxylation sites is 4. The van der Waals surface area contributed by atoms with Crippen LogP contribution in [0.1, 0.15) is 37.3 Å². The topological polar surface area (TPSA) is 121 Å². The number of nitrogens with zero attached hydrogens (tertiary/aromatic N) is 2. The summed E-state index contributed by atoms with van der Waals surface area (Å²) in [5.41, 5.74) is 2.39. The number of phenols is 2. The van der Waals surface area contributed by atoms with E-state index in [1.165, 1.54) is 0 Å². The fourth-order valence-electron chi connectivity index (χ4n) is 3.23. The first-order valence-corrected chi connectivity index (χ1v) is 11.2. The van der Waals surface area contributed by atoms with Crippen LogP contribution in [-0.4, -0.2) is 46.9 Å². The Morgan fingerprint density at radius 1 is 0.722 bits per heavy atom. The van der Waals surface area contributed by atoms with Gasteiger partial charge in [0.15, 0.2) is 23.0 Å². The zero-order valence-corrected chi connectivity index (χ0v) is 21.0. The van der Waals surface area contributed by atoms with Gasteiger partial charge in [0, 0.05) is 30.5 Å². The summed E-state index contributed by atoms with van der Waals surface area (Å²) in [4.78, 5) is 18.0. The Labute approximate surface area is 220 Å². The molecular weight excluding hydrogens is 503 g/mol. The second kappa shape index (κ2) is 14.6. The van der Waals surface area contributed by atoms with E-state index in [-0.39, 0.29) is 28.6 Å². The summed E-state index contributed by atoms with van der Waals surface area (Å²) in [7, 11) is 0. The third-order valence-electron chi connectivity index (χ3n) is 4.93. The van der Waals surface area contributed by atoms with Gasteiger partial charge in [0.25, 0.3) is 5.97 Å². The smallest absolute Gasteiger partial charge is 0.504 e. The van der Waals surface area contributed by atoms with Crippen LogP contribution in [0.3, 0.4) is 0 Å². The molecule has 3 N–H and O–H groups in total. The molecule has 0 saturated heterocycles. The molecule has 0 spiro atoms. The van der Waals surface area contributed by atoms with E-state index >= 15 is 0 Å². The summed E-state index contributed by atoms with van der Waals surface area (Å²) in [5, 5.41) is 28.5. The second-order valence-electron chi connectivity index (χ2n) is 7.67. The van der Waals surface area contributed by atoms with Crippen molar-refractivity contribution in [2.24, 2.45) is 9.98 Å². The number of aliphatic carboxylic acids is 1. The molecular formula is C27H28MnN2O6+2. The normalized spacial score (nSPS) is 13.0. The fourth-order valence-corrected chi connectivity index (χ4v) is 3.23. The summed E-state index contributed by atoms with van der Waals surface area (Å²) >= 11 is 0. The Balaban J connectivity index is 0.000000850. The van der Waals surface area contributed by atoms with E-state index in [1.807, 2.05) is 36.4 Å². The van der Waals surface area contributed by atoms with Crippen molar-refractivity contribution in [3.05, 3.63) is 71.8 Å². The van der Waals surface area contributed by atoms with Crippen molar-refractivity contribution in [2.75, 3.05) is 13.2 Å². The van der Waals surface area contributed by atoms with Crippen molar-refractivity contribution in [2.45, 2.75) is 26.2 Å². The van der Waals surface area contributed by atoms with Gasteiger partial charge in [-0.3, -0.25) is 14.8 Å². The predicted molar refractivity (Wildman–Crippen MR) is 135 cm³/mol. The van der Waals surface area contributed by atoms with Crippen LogP contribution >= 0.6 is 0 Å². The van der Waals surface area contributed by atoms with Crippen LogP contribution in [0, 0.1) is 0 Å². The van der Waals surface area contributed by atoms with E-state index < -0.39 is 5.97 Å². The number of fused-ring (bicyclic) bond motifs is 5. The molecule has 1 radical (unpaired) electrons. The molecule has 8 nitrogen and oxygen atoms in total. The number of hydrogen-bond donors (Lipinski definition) is 3. The largest absolute Gasteiger partial charge is 2.00 e. The summed E-state index contributed by atoms with van der Waals surface area (Å²) in [6, 6.07) is 18.1. The van der Waals surface area contributed by atoms with Gasteiger partial charge in [-0.2, -0.15) is 0 Å². The van der Waals surface area contributed by atoms with E-state index in [1.54, 1.807) is 36.7 Å². The number of ether oxygens (including phenoxy) is 2. The number of carbonyl (C=O) groups is 1. The molecule has 0 fully saturated rings. The van der Waals surface area contributed by atoms with Gasteiger partial charge in [-0.15, -0.1) is 0 Å². The Kier molecular flexibility index (Phi) is 11.5. The summed E-state index contributed by atoms with van der Waals surface area (Å²) in [6.07, 6.45) is 5.74. The summed E-state index contributed by atoms with van der Waals surface area (Å²) in [5.74, 6) is 0.166. The molecule has 4 rings (SSSR count). The Morgan fingerprint density at radius 3 is 1.56 bits per heavy atom. The van der Waals surface area contributed by atoms with Gasteiger partial charge < -0.3 is 24.8 Å². The molecule has 0 amide bonds. The molecule has 0 saturated carbocycles. The van der Waals surface area contributed by atoms with Crippen molar-refractivity contribution in [1.82, 2.24) is 0 Å². The van der Waals surface area contributed by atoms with E-state index in [4.69, 9.17) is 19.4 Å². The zero-order chi connectivity index (χ0) is 25.0. The van der Waals surface area contributed by atoms with Crippen molar-refractivity contribution in [3.63, 3.8) is 0 Å². The number of benzene rings is 3. The molecule has 1 heterocycles. The molecule has 0 aromatic heterocycles. The van der Waals surface area contributed by atoms with Crippen LogP contribution < -0.4 is 9.47 Å². The van der Waals surface area contributed by atoms with Gasteiger partial charge in [-0.1, -0.05) is 24.3 Å². The van der Waals surface area contributed by atoms with Crippen molar-refractivity contribution < 1.29 is 46.7 Å². The first kappa shape index (κ1) is 28.4. The number of rotatable bonds is 0. The molecule has 9 heteroatoms. The van der Waals surface area contributed by atoms with E-state index in [9.17, 15) is 10.2 Å². The first-order valence-electron chi connectivity index (χ1n) is 11.2. The standard InChI is InChI=1S/C25H24N2O4.C2H4O2.Mn/c28-24-18-8-6-12-22(24)30-14-4-1-5-15-31-23-13-7-9-19(25(23)29)17-27-21-11-3-2-10-20(21)26-16-18;1-2(3)4;/h2-3,6-13,16-17,28-29H,1,4-5,14-15H2;1H3,(H,3,4);/q;;+2. The molecule has 3 aromatic carbocycles. The average Bonchev–Trinajstić information content (AvgIpc) is 2.83. The molecule has 187 valence electrons. The number of carboxylic acids is 1. The quantitative estimate of drug-likeness (QED) is 0.324. The van der Waals surface area contributed by atoms with Crippen LogP contribution in [0.25, 0.3) is 0 Å². The predicted octanol–water partition coefficient (Wildman–Crippen LogP) is 5.63. The Bertz CT molecular complexity index is 1120. The minimum atomic E-state index is -0.833. The van der Waals surface area contributed by atoms with Gasteiger partial charge in [0.05, 0.1) is 24.6 Å². The van der Waals surface area contributed by atoms with Gasteiger partial charge in [-0.25, -0.2) is 0 Å². The van der Waals surface area contributed by atoms with Gasteiger partial charge >= 0.3 is 17.1 Å². The molecule has 0 atom stereocenters. The minimum absolute atomic E-state index is 0. The Morgan fingerprint density at radius 2 is 1.14 bits per heavy atom. The average molecular weight is 531 g/mol. The molecule has 0 aliphatic carbocycles. The monoisotopic (exact) mass is 531 g/mol. The maximum atomic E-state index is 10.5. The molecule has 1 aliphatic heterocycles. The van der Waals surface area contributed by atoms with Crippen LogP contribution in [0.15, 0.2) is 70.6 Å². The molecule has 3 aromatic rings. The van der Waals surface area contributed by atoms with Crippen LogP contribution in [0.2, 0.25) is 0 Å². The van der Waals surface area contributed by atoms with E-state index in [0.29, 0.717) is 47.2 Å². The van der Waals surface area contributed by atoms with Crippen LogP contribution in [-0.2, 0) is 21.9 Å².